The number of aliphatic hydroxyl groups is 1. The van der Waals surface area contributed by atoms with Crippen LogP contribution in [0, 0.1) is 0 Å². The summed E-state index contributed by atoms with van der Waals surface area (Å²) in [6.45, 7) is 1.56. The minimum Gasteiger partial charge on any atom is -0.392 e. The van der Waals surface area contributed by atoms with E-state index in [0.29, 0.717) is 13.2 Å². The number of hydrogen-bond acceptors (Lipinski definition) is 3. The maximum absolute atomic E-state index is 11.4. The molecule has 0 saturated heterocycles. The monoisotopic (exact) mass is 226 g/mol. The van der Waals surface area contributed by atoms with Crippen molar-refractivity contribution in [3.05, 3.63) is 24.0 Å². The lowest BCUT2D eigenvalue weighted by molar-refractivity contribution is -0.121. The molecule has 0 aliphatic carbocycles. The number of carbonyl (C=O) groups excluding carboxylic acids is 1. The predicted molar refractivity (Wildman–Crippen MR) is 59.9 cm³/mol. The van der Waals surface area contributed by atoms with Crippen molar-refractivity contribution in [1.82, 2.24) is 9.88 Å². The molecule has 1 rings (SSSR count). The molecule has 0 aliphatic heterocycles. The third-order valence-corrected chi connectivity index (χ3v) is 2.17. The van der Waals surface area contributed by atoms with Gasteiger partial charge in [-0.1, -0.05) is 0 Å². The lowest BCUT2D eigenvalue weighted by Gasteiger charge is -2.05. The van der Waals surface area contributed by atoms with E-state index in [1.807, 2.05) is 0 Å². The van der Waals surface area contributed by atoms with Gasteiger partial charge in [0.25, 0.3) is 0 Å². The summed E-state index contributed by atoms with van der Waals surface area (Å²) in [5, 5.41) is 11.6. The molecule has 0 fully saturated rings. The van der Waals surface area contributed by atoms with E-state index >= 15 is 0 Å². The molecule has 5 nitrogen and oxygen atoms in total. The van der Waals surface area contributed by atoms with Crippen LogP contribution in [0.15, 0.2) is 18.5 Å². The number of nitrogens with one attached hydrogen (secondary N) is 1. The van der Waals surface area contributed by atoms with Crippen LogP contribution in [0.25, 0.3) is 0 Å². The van der Waals surface area contributed by atoms with Crippen molar-refractivity contribution in [2.45, 2.75) is 19.6 Å². The summed E-state index contributed by atoms with van der Waals surface area (Å²) in [6.07, 6.45) is 4.35. The zero-order chi connectivity index (χ0) is 11.8. The summed E-state index contributed by atoms with van der Waals surface area (Å²) < 4.78 is 6.62. The molecule has 1 aromatic heterocycles. The van der Waals surface area contributed by atoms with Crippen LogP contribution in [0.2, 0.25) is 0 Å². The lowest BCUT2D eigenvalue weighted by atomic mass is 10.4. The fourth-order valence-corrected chi connectivity index (χ4v) is 1.35. The molecule has 5 heteroatoms. The van der Waals surface area contributed by atoms with Gasteiger partial charge in [-0.25, -0.2) is 0 Å². The van der Waals surface area contributed by atoms with Crippen molar-refractivity contribution in [2.24, 2.45) is 0 Å². The van der Waals surface area contributed by atoms with Gasteiger partial charge in [-0.15, -0.1) is 0 Å². The Kier molecular flexibility index (Phi) is 5.60. The topological polar surface area (TPSA) is 63.5 Å². The summed E-state index contributed by atoms with van der Waals surface area (Å²) in [5.41, 5.74) is 0.812. The van der Waals surface area contributed by atoms with Gasteiger partial charge >= 0.3 is 0 Å². The van der Waals surface area contributed by atoms with E-state index in [9.17, 15) is 4.79 Å². The second-order valence-electron chi connectivity index (χ2n) is 3.55. The molecule has 0 atom stereocenters. The Labute approximate surface area is 95.0 Å². The van der Waals surface area contributed by atoms with Crippen LogP contribution in [0.4, 0.5) is 0 Å². The van der Waals surface area contributed by atoms with E-state index in [1.54, 1.807) is 30.1 Å². The number of aromatic nitrogens is 1. The molecule has 90 valence electrons. The molecular weight excluding hydrogens is 208 g/mol. The molecule has 0 spiro atoms. The smallest absolute Gasteiger partial charge is 0.239 e. The molecule has 0 bridgehead atoms. The Morgan fingerprint density at radius 1 is 1.62 bits per heavy atom. The molecule has 0 aliphatic rings. The van der Waals surface area contributed by atoms with Gasteiger partial charge in [0.2, 0.25) is 5.91 Å². The van der Waals surface area contributed by atoms with Crippen molar-refractivity contribution >= 4 is 5.91 Å². The van der Waals surface area contributed by atoms with Gasteiger partial charge in [0, 0.05) is 32.7 Å². The maximum atomic E-state index is 11.4. The number of nitrogens with zero attached hydrogens (tertiary/aromatic N) is 1. The van der Waals surface area contributed by atoms with Gasteiger partial charge in [0.15, 0.2) is 0 Å². The van der Waals surface area contributed by atoms with Crippen LogP contribution < -0.4 is 5.32 Å². The van der Waals surface area contributed by atoms with Gasteiger partial charge in [0.05, 0.1) is 6.61 Å². The van der Waals surface area contributed by atoms with Crippen LogP contribution in [0.5, 0.6) is 0 Å². The average molecular weight is 226 g/mol. The first-order valence-corrected chi connectivity index (χ1v) is 5.27. The number of amides is 1. The van der Waals surface area contributed by atoms with Gasteiger partial charge in [0.1, 0.15) is 6.54 Å². The molecule has 1 aromatic rings. The highest BCUT2D eigenvalue weighted by Gasteiger charge is 2.02. The molecule has 1 heterocycles. The number of hydrogen-bond donors (Lipinski definition) is 2. The summed E-state index contributed by atoms with van der Waals surface area (Å²) >= 11 is 0. The van der Waals surface area contributed by atoms with Crippen LogP contribution in [-0.2, 0) is 22.7 Å². The number of methoxy groups -OCH3 is 1. The molecule has 16 heavy (non-hydrogen) atoms. The zero-order valence-electron chi connectivity index (χ0n) is 9.48. The van der Waals surface area contributed by atoms with E-state index in [0.717, 1.165) is 12.0 Å². The summed E-state index contributed by atoms with van der Waals surface area (Å²) in [7, 11) is 1.64. The highest BCUT2D eigenvalue weighted by atomic mass is 16.5. The van der Waals surface area contributed by atoms with Crippen LogP contribution in [-0.4, -0.2) is 35.8 Å². The Bertz CT molecular complexity index is 323. The van der Waals surface area contributed by atoms with E-state index in [1.165, 1.54) is 0 Å². The molecule has 2 N–H and O–H groups in total. The van der Waals surface area contributed by atoms with Crippen molar-refractivity contribution in [3.63, 3.8) is 0 Å². The Balaban J connectivity index is 2.23. The molecule has 0 radical (unpaired) electrons. The van der Waals surface area contributed by atoms with Crippen molar-refractivity contribution in [3.8, 4) is 0 Å². The second-order valence-corrected chi connectivity index (χ2v) is 3.55. The fraction of sp³-hybridized carbons (Fsp3) is 0.545. The van der Waals surface area contributed by atoms with E-state index in [4.69, 9.17) is 9.84 Å². The van der Waals surface area contributed by atoms with Crippen molar-refractivity contribution in [1.29, 1.82) is 0 Å². The molecule has 0 unspecified atom stereocenters. The Morgan fingerprint density at radius 3 is 3.06 bits per heavy atom. The third kappa shape index (κ3) is 4.46. The number of ether oxygens (including phenoxy) is 1. The summed E-state index contributed by atoms with van der Waals surface area (Å²) in [4.78, 5) is 11.4. The van der Waals surface area contributed by atoms with Gasteiger partial charge in [-0.2, -0.15) is 0 Å². The van der Waals surface area contributed by atoms with Gasteiger partial charge in [-0.3, -0.25) is 4.79 Å². The van der Waals surface area contributed by atoms with Crippen molar-refractivity contribution in [2.75, 3.05) is 20.3 Å². The van der Waals surface area contributed by atoms with Crippen molar-refractivity contribution < 1.29 is 14.6 Å². The van der Waals surface area contributed by atoms with E-state index in [-0.39, 0.29) is 19.1 Å². The first-order valence-electron chi connectivity index (χ1n) is 5.27. The Morgan fingerprint density at radius 2 is 2.44 bits per heavy atom. The molecule has 0 saturated carbocycles. The highest BCUT2D eigenvalue weighted by molar-refractivity contribution is 5.75. The predicted octanol–water partition coefficient (Wildman–Crippen LogP) is 0.133. The molecule has 0 aromatic carbocycles. The molecular formula is C11H18N2O3. The minimum atomic E-state index is -0.0313. The first-order chi connectivity index (χ1) is 7.76. The largest absolute Gasteiger partial charge is 0.392 e. The quantitative estimate of drug-likeness (QED) is 0.650. The summed E-state index contributed by atoms with van der Waals surface area (Å²) in [5.74, 6) is -0.0313. The SMILES string of the molecule is COCCCNC(=O)Cn1ccc(CO)c1. The number of aliphatic hydroxyl groups excluding tert-OH is 1. The van der Waals surface area contributed by atoms with E-state index in [2.05, 4.69) is 5.32 Å². The minimum absolute atomic E-state index is 0.00244. The first kappa shape index (κ1) is 12.7. The maximum Gasteiger partial charge on any atom is 0.239 e. The summed E-state index contributed by atoms with van der Waals surface area (Å²) in [6, 6.07) is 1.79. The van der Waals surface area contributed by atoms with Gasteiger partial charge in [-0.05, 0) is 18.1 Å². The van der Waals surface area contributed by atoms with E-state index < -0.39 is 0 Å². The normalized spacial score (nSPS) is 10.4. The second kappa shape index (κ2) is 7.03. The van der Waals surface area contributed by atoms with Crippen LogP contribution in [0.3, 0.4) is 0 Å². The average Bonchev–Trinajstić information content (AvgIpc) is 2.72. The Hall–Kier alpha value is -1.33. The third-order valence-electron chi connectivity index (χ3n) is 2.17. The zero-order valence-corrected chi connectivity index (χ0v) is 9.48. The molecule has 1 amide bonds. The number of rotatable bonds is 7. The fourth-order valence-electron chi connectivity index (χ4n) is 1.35. The van der Waals surface area contributed by atoms with Crippen LogP contribution >= 0.6 is 0 Å². The van der Waals surface area contributed by atoms with Gasteiger partial charge < -0.3 is 19.7 Å². The lowest BCUT2D eigenvalue weighted by Crippen LogP contribution is -2.28. The highest BCUT2D eigenvalue weighted by Crippen LogP contribution is 2.00. The standard InChI is InChI=1S/C11H18N2O3/c1-16-6-2-4-12-11(15)8-13-5-3-10(7-13)9-14/h3,5,7,14H,2,4,6,8-9H2,1H3,(H,12,15). The number of carbonyl (C=O) groups is 1. The van der Waals surface area contributed by atoms with Crippen LogP contribution in [0.1, 0.15) is 12.0 Å².